The molecule has 13 rings (SSSR count). The highest BCUT2D eigenvalue weighted by molar-refractivity contribution is 6.01. The van der Waals surface area contributed by atoms with Crippen LogP contribution < -0.4 is 9.64 Å². The zero-order valence-electron chi connectivity index (χ0n) is 38.5. The lowest BCUT2D eigenvalue weighted by Crippen LogP contribution is -2.16. The van der Waals surface area contributed by atoms with E-state index in [1.54, 1.807) is 0 Å². The summed E-state index contributed by atoms with van der Waals surface area (Å²) in [5.74, 6) is 1.72. The van der Waals surface area contributed by atoms with E-state index in [-0.39, 0.29) is 5.41 Å². The fraction of sp³-hybridized carbons (Fsp3) is 0.0448. The van der Waals surface area contributed by atoms with Gasteiger partial charge in [-0.05, 0) is 144 Å². The van der Waals surface area contributed by atoms with E-state index in [0.717, 1.165) is 73.1 Å². The Hall–Kier alpha value is -8.72. The van der Waals surface area contributed by atoms with Crippen LogP contribution in [0.25, 0.3) is 88.7 Å². The molecule has 0 N–H and O–H groups in total. The van der Waals surface area contributed by atoms with Gasteiger partial charge in [-0.3, -0.25) is 0 Å². The summed E-state index contributed by atoms with van der Waals surface area (Å²) < 4.78 is 7.16. The van der Waals surface area contributed by atoms with Crippen molar-refractivity contribution in [3.63, 3.8) is 0 Å². The molecule has 11 aromatic carbocycles. The van der Waals surface area contributed by atoms with Crippen molar-refractivity contribution in [2.24, 2.45) is 0 Å². The van der Waals surface area contributed by atoms with E-state index in [0.29, 0.717) is 0 Å². The first-order valence-electron chi connectivity index (χ1n) is 23.9. The normalized spacial score (nSPS) is 12.7. The fourth-order valence-electron chi connectivity index (χ4n) is 10.9. The SMILES string of the molecule is CC1(C)c2ccccc2-c2ccc(N(c3ccc(-c4ccccc4)cc3)c3ccc(-c4ccc(-c5cccc6c5Oc5cc(-c7ccccc7)ccc5-c5cc7ccccc7cc5-6)cc4)cc3)cc21. The lowest BCUT2D eigenvalue weighted by Gasteiger charge is -2.28. The van der Waals surface area contributed by atoms with Crippen molar-refractivity contribution < 1.29 is 4.74 Å². The Labute approximate surface area is 404 Å². The second-order valence-corrected chi connectivity index (χ2v) is 18.9. The standard InChI is InChI=1S/C67H47NO/c1-67(2)63-23-12-11-20-57(63)58-39-37-55(43-64(58)67)68(53-33-28-47(29-34-53)44-14-5-3-6-15-44)54-35-30-48(31-36-54)46-24-26-49(27-25-46)56-21-13-22-60-62-41-51-19-10-9-18-50(51)40-61(62)59-38-32-52(42-65(59)69-66(56)60)45-16-7-4-8-17-45/h3-43H,1-2H3. The van der Waals surface area contributed by atoms with E-state index >= 15 is 0 Å². The number of benzene rings is 11. The number of ether oxygens (including phenoxy) is 1. The van der Waals surface area contributed by atoms with E-state index in [9.17, 15) is 0 Å². The average Bonchev–Trinajstić information content (AvgIpc) is 3.54. The molecule has 0 spiro atoms. The molecule has 0 bridgehead atoms. The number of nitrogens with zero attached hydrogens (tertiary/aromatic N) is 1. The van der Waals surface area contributed by atoms with E-state index in [2.05, 4.69) is 267 Å². The van der Waals surface area contributed by atoms with Gasteiger partial charge in [-0.2, -0.15) is 0 Å². The summed E-state index contributed by atoms with van der Waals surface area (Å²) in [6.07, 6.45) is 0. The van der Waals surface area contributed by atoms with Crippen molar-refractivity contribution in [2.45, 2.75) is 19.3 Å². The molecule has 326 valence electrons. The van der Waals surface area contributed by atoms with E-state index in [1.165, 1.54) is 55.3 Å². The summed E-state index contributed by atoms with van der Waals surface area (Å²) in [6, 6.07) is 90.4. The molecular weight excluding hydrogens is 835 g/mol. The highest BCUT2D eigenvalue weighted by atomic mass is 16.5. The predicted octanol–water partition coefficient (Wildman–Crippen LogP) is 18.7. The second-order valence-electron chi connectivity index (χ2n) is 18.9. The second kappa shape index (κ2) is 16.3. The van der Waals surface area contributed by atoms with Gasteiger partial charge in [0.25, 0.3) is 0 Å². The van der Waals surface area contributed by atoms with Gasteiger partial charge in [0.05, 0.1) is 0 Å². The van der Waals surface area contributed by atoms with Crippen molar-refractivity contribution in [3.8, 4) is 89.4 Å². The monoisotopic (exact) mass is 881 g/mol. The predicted molar refractivity (Wildman–Crippen MR) is 289 cm³/mol. The van der Waals surface area contributed by atoms with Gasteiger partial charge in [0, 0.05) is 39.2 Å². The number of rotatable bonds is 7. The molecule has 11 aromatic rings. The van der Waals surface area contributed by atoms with Crippen LogP contribution in [0.1, 0.15) is 25.0 Å². The number of anilines is 3. The summed E-state index contributed by atoms with van der Waals surface area (Å²) in [4.78, 5) is 2.39. The largest absolute Gasteiger partial charge is 0.455 e. The Balaban J connectivity index is 0.862. The van der Waals surface area contributed by atoms with E-state index in [1.807, 2.05) is 0 Å². The van der Waals surface area contributed by atoms with E-state index in [4.69, 9.17) is 4.74 Å². The third-order valence-corrected chi connectivity index (χ3v) is 14.5. The van der Waals surface area contributed by atoms with Gasteiger partial charge in [0.15, 0.2) is 0 Å². The average molecular weight is 882 g/mol. The van der Waals surface area contributed by atoms with Gasteiger partial charge in [0.2, 0.25) is 0 Å². The maximum absolute atomic E-state index is 7.16. The van der Waals surface area contributed by atoms with Crippen LogP contribution in [-0.2, 0) is 5.41 Å². The highest BCUT2D eigenvalue weighted by Crippen LogP contribution is 2.53. The first-order chi connectivity index (χ1) is 33.9. The fourth-order valence-corrected chi connectivity index (χ4v) is 10.9. The van der Waals surface area contributed by atoms with Crippen LogP contribution in [0.3, 0.4) is 0 Å². The van der Waals surface area contributed by atoms with Crippen LogP contribution in [0.2, 0.25) is 0 Å². The number of hydrogen-bond donors (Lipinski definition) is 0. The Morgan fingerprint density at radius 1 is 0.290 bits per heavy atom. The quantitative estimate of drug-likeness (QED) is 0.158. The van der Waals surface area contributed by atoms with Gasteiger partial charge in [-0.15, -0.1) is 0 Å². The maximum atomic E-state index is 7.16. The molecule has 0 saturated heterocycles. The zero-order chi connectivity index (χ0) is 46.1. The topological polar surface area (TPSA) is 12.5 Å². The Kier molecular flexibility index (Phi) is 9.55. The number of fused-ring (bicyclic) bond motifs is 9. The summed E-state index contributed by atoms with van der Waals surface area (Å²) in [7, 11) is 0. The Morgan fingerprint density at radius 2 is 0.739 bits per heavy atom. The zero-order valence-corrected chi connectivity index (χ0v) is 38.5. The van der Waals surface area contributed by atoms with Crippen LogP contribution in [0, 0.1) is 0 Å². The van der Waals surface area contributed by atoms with Crippen molar-refractivity contribution in [2.75, 3.05) is 4.90 Å². The van der Waals surface area contributed by atoms with Gasteiger partial charge in [-0.25, -0.2) is 0 Å². The molecule has 0 fully saturated rings. The maximum Gasteiger partial charge on any atom is 0.143 e. The molecule has 0 amide bonds. The third kappa shape index (κ3) is 6.95. The van der Waals surface area contributed by atoms with Gasteiger partial charge < -0.3 is 9.64 Å². The molecule has 1 aliphatic heterocycles. The van der Waals surface area contributed by atoms with Crippen molar-refractivity contribution >= 4 is 27.8 Å². The van der Waals surface area contributed by atoms with Crippen molar-refractivity contribution in [1.29, 1.82) is 0 Å². The minimum Gasteiger partial charge on any atom is -0.455 e. The molecule has 0 aromatic heterocycles. The van der Waals surface area contributed by atoms with Crippen molar-refractivity contribution in [3.05, 3.63) is 260 Å². The Bertz CT molecular complexity index is 3740. The third-order valence-electron chi connectivity index (χ3n) is 14.5. The molecule has 0 saturated carbocycles. The minimum absolute atomic E-state index is 0.110. The van der Waals surface area contributed by atoms with Crippen LogP contribution in [0.5, 0.6) is 11.5 Å². The first kappa shape index (κ1) is 40.5. The lowest BCUT2D eigenvalue weighted by atomic mass is 9.82. The van der Waals surface area contributed by atoms with Crippen LogP contribution in [0.15, 0.2) is 249 Å². The first-order valence-corrected chi connectivity index (χ1v) is 23.9. The van der Waals surface area contributed by atoms with Crippen molar-refractivity contribution in [1.82, 2.24) is 0 Å². The molecule has 0 unspecified atom stereocenters. The smallest absolute Gasteiger partial charge is 0.143 e. The molecule has 0 radical (unpaired) electrons. The van der Waals surface area contributed by atoms with Crippen LogP contribution in [-0.4, -0.2) is 0 Å². The van der Waals surface area contributed by atoms with Gasteiger partial charge in [-0.1, -0.05) is 202 Å². The number of para-hydroxylation sites is 1. The van der Waals surface area contributed by atoms with E-state index < -0.39 is 0 Å². The minimum atomic E-state index is -0.110. The molecule has 2 aliphatic rings. The molecule has 0 atom stereocenters. The summed E-state index contributed by atoms with van der Waals surface area (Å²) in [5, 5.41) is 2.42. The van der Waals surface area contributed by atoms with Gasteiger partial charge >= 0.3 is 0 Å². The summed E-state index contributed by atoms with van der Waals surface area (Å²) >= 11 is 0. The molecule has 1 aliphatic carbocycles. The molecule has 1 heterocycles. The molecule has 69 heavy (non-hydrogen) atoms. The Morgan fingerprint density at radius 3 is 1.39 bits per heavy atom. The number of hydrogen-bond acceptors (Lipinski definition) is 2. The lowest BCUT2D eigenvalue weighted by molar-refractivity contribution is 0.490. The summed E-state index contributed by atoms with van der Waals surface area (Å²) in [6.45, 7) is 4.70. The van der Waals surface area contributed by atoms with Gasteiger partial charge in [0.1, 0.15) is 11.5 Å². The molecule has 2 heteroatoms. The molecular formula is C67H47NO. The highest BCUT2D eigenvalue weighted by Gasteiger charge is 2.36. The van der Waals surface area contributed by atoms with Crippen LogP contribution >= 0.6 is 0 Å². The molecule has 2 nitrogen and oxygen atoms in total. The van der Waals surface area contributed by atoms with Crippen LogP contribution in [0.4, 0.5) is 17.1 Å². The summed E-state index contributed by atoms with van der Waals surface area (Å²) in [5.41, 5.74) is 22.3.